The number of allylic oxidation sites excluding steroid dienone is 1. The van der Waals surface area contributed by atoms with E-state index >= 15 is 0 Å². The fourth-order valence-electron chi connectivity index (χ4n) is 1.96. The van der Waals surface area contributed by atoms with Gasteiger partial charge in [0.25, 0.3) is 0 Å². The zero-order chi connectivity index (χ0) is 8.39. The van der Waals surface area contributed by atoms with Crippen molar-refractivity contribution < 1.29 is 0 Å². The summed E-state index contributed by atoms with van der Waals surface area (Å²) in [6.45, 7) is 2.26. The average molecular weight is 164 g/mol. The second-order valence-electron chi connectivity index (χ2n) is 3.46. The summed E-state index contributed by atoms with van der Waals surface area (Å²) in [5.74, 6) is 0. The van der Waals surface area contributed by atoms with Gasteiger partial charge in [0.05, 0.1) is 0 Å². The maximum absolute atomic E-state index is 3.20. The highest BCUT2D eigenvalue weighted by molar-refractivity contribution is 5.32. The quantitative estimate of drug-likeness (QED) is 0.631. The minimum absolute atomic E-state index is 1.09. The van der Waals surface area contributed by atoms with Crippen molar-refractivity contribution in [2.45, 2.75) is 19.3 Å². The smallest absolute Gasteiger partial charge is 0.0381 e. The van der Waals surface area contributed by atoms with Crippen molar-refractivity contribution in [2.75, 3.05) is 20.1 Å². The fraction of sp³-hybridized carbons (Fsp3) is 0.600. The number of hydrogen-bond donors (Lipinski definition) is 1. The van der Waals surface area contributed by atoms with Crippen LogP contribution in [0.3, 0.4) is 0 Å². The van der Waals surface area contributed by atoms with E-state index in [-0.39, 0.29) is 0 Å². The van der Waals surface area contributed by atoms with Crippen LogP contribution in [0, 0.1) is 0 Å². The Labute approximate surface area is 73.9 Å². The average Bonchev–Trinajstić information content (AvgIpc) is 2.17. The number of hydrazine groups is 1. The summed E-state index contributed by atoms with van der Waals surface area (Å²) in [7, 11) is 2.00. The second kappa shape index (κ2) is 3.42. The van der Waals surface area contributed by atoms with E-state index in [1.807, 2.05) is 7.05 Å². The molecule has 0 radical (unpaired) electrons. The molecule has 0 aromatic carbocycles. The lowest BCUT2D eigenvalue weighted by molar-refractivity contribution is 0.218. The van der Waals surface area contributed by atoms with Crippen molar-refractivity contribution in [3.05, 3.63) is 23.3 Å². The molecule has 0 aromatic rings. The molecule has 1 aliphatic heterocycles. The van der Waals surface area contributed by atoms with Crippen molar-refractivity contribution in [3.8, 4) is 0 Å². The van der Waals surface area contributed by atoms with Gasteiger partial charge in [-0.2, -0.15) is 0 Å². The molecule has 2 nitrogen and oxygen atoms in total. The van der Waals surface area contributed by atoms with Crippen LogP contribution < -0.4 is 5.43 Å². The van der Waals surface area contributed by atoms with Gasteiger partial charge in [0.2, 0.25) is 0 Å². The van der Waals surface area contributed by atoms with Crippen LogP contribution in [-0.4, -0.2) is 25.1 Å². The Balaban J connectivity index is 2.11. The molecule has 0 spiro atoms. The topological polar surface area (TPSA) is 15.3 Å². The number of rotatable bonds is 1. The van der Waals surface area contributed by atoms with Crippen LogP contribution in [0.4, 0.5) is 0 Å². The number of hydrogen-bond acceptors (Lipinski definition) is 2. The molecule has 12 heavy (non-hydrogen) atoms. The van der Waals surface area contributed by atoms with Crippen molar-refractivity contribution >= 4 is 0 Å². The maximum Gasteiger partial charge on any atom is 0.0381 e. The normalized spacial score (nSPS) is 24.4. The van der Waals surface area contributed by atoms with Gasteiger partial charge in [0.1, 0.15) is 0 Å². The SMILES string of the molecule is CNN1CCC2=C(C=CCC2)C1. The Morgan fingerprint density at radius 2 is 2.33 bits per heavy atom. The van der Waals surface area contributed by atoms with Gasteiger partial charge < -0.3 is 0 Å². The van der Waals surface area contributed by atoms with E-state index < -0.39 is 0 Å². The number of nitrogens with one attached hydrogen (secondary N) is 1. The summed E-state index contributed by atoms with van der Waals surface area (Å²) in [5, 5.41) is 2.27. The van der Waals surface area contributed by atoms with Gasteiger partial charge in [-0.05, 0) is 31.9 Å². The first-order valence-electron chi connectivity index (χ1n) is 4.70. The van der Waals surface area contributed by atoms with Crippen LogP contribution in [0.15, 0.2) is 23.3 Å². The van der Waals surface area contributed by atoms with Crippen molar-refractivity contribution in [3.63, 3.8) is 0 Å². The maximum atomic E-state index is 3.20. The van der Waals surface area contributed by atoms with E-state index in [0.29, 0.717) is 0 Å². The fourth-order valence-corrected chi connectivity index (χ4v) is 1.96. The zero-order valence-corrected chi connectivity index (χ0v) is 7.64. The Bertz CT molecular complexity index is 228. The Kier molecular flexibility index (Phi) is 2.28. The monoisotopic (exact) mass is 164 g/mol. The van der Waals surface area contributed by atoms with E-state index in [2.05, 4.69) is 22.6 Å². The summed E-state index contributed by atoms with van der Waals surface area (Å²) >= 11 is 0. The Hall–Kier alpha value is -0.600. The third-order valence-corrected chi connectivity index (χ3v) is 2.75. The molecule has 0 fully saturated rings. The standard InChI is InChI=1S/C10H16N2/c1-11-12-7-6-9-4-2-3-5-10(9)8-12/h3,5,11H,2,4,6-8H2,1H3. The van der Waals surface area contributed by atoms with E-state index in [1.165, 1.54) is 25.8 Å². The van der Waals surface area contributed by atoms with E-state index in [9.17, 15) is 0 Å². The molecule has 0 atom stereocenters. The summed E-state index contributed by atoms with van der Waals surface area (Å²) < 4.78 is 0. The van der Waals surface area contributed by atoms with Crippen LogP contribution in [0.25, 0.3) is 0 Å². The van der Waals surface area contributed by atoms with Crippen LogP contribution >= 0.6 is 0 Å². The zero-order valence-electron chi connectivity index (χ0n) is 7.64. The van der Waals surface area contributed by atoms with E-state index in [0.717, 1.165) is 6.54 Å². The second-order valence-corrected chi connectivity index (χ2v) is 3.46. The predicted octanol–water partition coefficient (Wildman–Crippen LogP) is 1.47. The van der Waals surface area contributed by atoms with Crippen LogP contribution in [-0.2, 0) is 0 Å². The summed E-state index contributed by atoms with van der Waals surface area (Å²) in [4.78, 5) is 0. The minimum atomic E-state index is 1.09. The first-order chi connectivity index (χ1) is 5.90. The van der Waals surface area contributed by atoms with Crippen molar-refractivity contribution in [1.29, 1.82) is 0 Å². The molecule has 2 heteroatoms. The number of nitrogens with zero attached hydrogens (tertiary/aromatic N) is 1. The summed E-state index contributed by atoms with van der Waals surface area (Å²) in [6.07, 6.45) is 8.38. The first-order valence-corrected chi connectivity index (χ1v) is 4.70. The van der Waals surface area contributed by atoms with Crippen LogP contribution in [0.5, 0.6) is 0 Å². The van der Waals surface area contributed by atoms with Crippen molar-refractivity contribution in [1.82, 2.24) is 10.4 Å². The molecule has 66 valence electrons. The van der Waals surface area contributed by atoms with Gasteiger partial charge in [-0.1, -0.05) is 17.7 Å². The van der Waals surface area contributed by atoms with Gasteiger partial charge in [-0.3, -0.25) is 5.43 Å². The lowest BCUT2D eigenvalue weighted by atomic mass is 9.92. The van der Waals surface area contributed by atoms with Gasteiger partial charge in [-0.25, -0.2) is 5.01 Å². The Morgan fingerprint density at radius 1 is 1.42 bits per heavy atom. The first kappa shape index (κ1) is 8.02. The van der Waals surface area contributed by atoms with Crippen LogP contribution in [0.2, 0.25) is 0 Å². The van der Waals surface area contributed by atoms with Crippen LogP contribution in [0.1, 0.15) is 19.3 Å². The molecule has 0 unspecified atom stereocenters. The molecule has 2 rings (SSSR count). The minimum Gasteiger partial charge on any atom is -0.258 e. The molecule has 0 bridgehead atoms. The molecule has 1 N–H and O–H groups in total. The van der Waals surface area contributed by atoms with Gasteiger partial charge in [0.15, 0.2) is 0 Å². The summed E-state index contributed by atoms with van der Waals surface area (Å²) in [6, 6.07) is 0. The predicted molar refractivity (Wildman–Crippen MR) is 50.6 cm³/mol. The molecule has 2 aliphatic rings. The third-order valence-electron chi connectivity index (χ3n) is 2.75. The lowest BCUT2D eigenvalue weighted by Gasteiger charge is -2.30. The Morgan fingerprint density at radius 3 is 3.17 bits per heavy atom. The van der Waals surface area contributed by atoms with Gasteiger partial charge in [0, 0.05) is 13.1 Å². The molecule has 1 heterocycles. The van der Waals surface area contributed by atoms with Gasteiger partial charge in [-0.15, -0.1) is 0 Å². The lowest BCUT2D eigenvalue weighted by Crippen LogP contribution is -2.40. The molecule has 1 aliphatic carbocycles. The molecular formula is C10H16N2. The molecule has 0 saturated carbocycles. The molecule has 0 aromatic heterocycles. The van der Waals surface area contributed by atoms with Crippen molar-refractivity contribution in [2.24, 2.45) is 0 Å². The van der Waals surface area contributed by atoms with E-state index in [1.54, 1.807) is 11.1 Å². The highest BCUT2D eigenvalue weighted by atomic mass is 15.5. The molecular weight excluding hydrogens is 148 g/mol. The largest absolute Gasteiger partial charge is 0.258 e. The molecule has 0 amide bonds. The van der Waals surface area contributed by atoms with Gasteiger partial charge >= 0.3 is 0 Å². The third kappa shape index (κ3) is 1.45. The highest BCUT2D eigenvalue weighted by Crippen LogP contribution is 2.25. The van der Waals surface area contributed by atoms with E-state index in [4.69, 9.17) is 0 Å². The molecule has 0 saturated heterocycles. The summed E-state index contributed by atoms with van der Waals surface area (Å²) in [5.41, 5.74) is 6.43. The highest BCUT2D eigenvalue weighted by Gasteiger charge is 2.17.